The molecule has 0 aliphatic carbocycles. The number of carboxylic acid groups (broad SMARTS) is 1. The molecule has 3 aromatic rings. The van der Waals surface area contributed by atoms with Crippen LogP contribution in [0.4, 0.5) is 0 Å². The topological polar surface area (TPSA) is 66.8 Å². The summed E-state index contributed by atoms with van der Waals surface area (Å²) in [6.45, 7) is 2.20. The minimum absolute atomic E-state index is 0.0365. The summed E-state index contributed by atoms with van der Waals surface area (Å²) in [6, 6.07) is 18.2. The molecule has 0 unspecified atom stereocenters. The first kappa shape index (κ1) is 25.4. The Hall–Kier alpha value is -2.73. The summed E-state index contributed by atoms with van der Waals surface area (Å²) in [5.74, 6) is -0.548. The van der Waals surface area contributed by atoms with Crippen LogP contribution in [-0.2, 0) is 24.2 Å². The first-order valence-corrected chi connectivity index (χ1v) is 12.3. The third kappa shape index (κ3) is 5.92. The molecule has 182 valence electrons. The Morgan fingerprint density at radius 1 is 1.00 bits per heavy atom. The molecule has 0 aromatic heterocycles. The van der Waals surface area contributed by atoms with Crippen LogP contribution in [0.2, 0.25) is 15.1 Å². The molecular weight excluding hydrogens is 509 g/mol. The maximum Gasteiger partial charge on any atom is 0.305 e. The zero-order chi connectivity index (χ0) is 25.2. The average Bonchev–Trinajstić information content (AvgIpc) is 3.15. The highest BCUT2D eigenvalue weighted by molar-refractivity contribution is 6.42. The number of hydrogen-bond donors (Lipinski definition) is 1. The minimum Gasteiger partial charge on any atom is -0.487 e. The van der Waals surface area contributed by atoms with E-state index < -0.39 is 11.6 Å². The van der Waals surface area contributed by atoms with Crippen LogP contribution in [0.25, 0.3) is 0 Å². The van der Waals surface area contributed by atoms with Crippen molar-refractivity contribution < 1.29 is 19.4 Å². The van der Waals surface area contributed by atoms with Crippen molar-refractivity contribution in [2.24, 2.45) is 0 Å². The van der Waals surface area contributed by atoms with Crippen LogP contribution in [-0.4, -0.2) is 34.0 Å². The molecule has 1 N–H and O–H groups in total. The van der Waals surface area contributed by atoms with E-state index in [4.69, 9.17) is 39.5 Å². The summed E-state index contributed by atoms with van der Waals surface area (Å²) in [5.41, 5.74) is 2.53. The number of amides is 1. The van der Waals surface area contributed by atoms with Gasteiger partial charge in [-0.3, -0.25) is 9.59 Å². The standard InChI is InChI=1S/C27H24Cl3NO4/c1-27(14-18-5-2-3-7-21(18)28)15-20-13-17(9-10-23(20)35-27)26(34)31(12-11-24(32)33)16-19-6-4-8-22(29)25(19)30/h2-10,13H,11-12,14-16H2,1H3,(H,32,33)/t27-/m1/s1. The lowest BCUT2D eigenvalue weighted by molar-refractivity contribution is -0.137. The number of ether oxygens (including phenoxy) is 1. The van der Waals surface area contributed by atoms with Gasteiger partial charge in [-0.15, -0.1) is 0 Å². The summed E-state index contributed by atoms with van der Waals surface area (Å²) in [6.07, 6.45) is 1.06. The van der Waals surface area contributed by atoms with Crippen molar-refractivity contribution in [2.75, 3.05) is 6.54 Å². The predicted octanol–water partition coefficient (Wildman–Crippen LogP) is 6.70. The molecule has 5 nitrogen and oxygen atoms in total. The molecule has 4 rings (SSSR count). The summed E-state index contributed by atoms with van der Waals surface area (Å²) in [7, 11) is 0. The number of aliphatic carboxylic acids is 1. The van der Waals surface area contributed by atoms with E-state index in [0.717, 1.165) is 16.9 Å². The quantitative estimate of drug-likeness (QED) is 0.350. The summed E-state index contributed by atoms with van der Waals surface area (Å²) >= 11 is 18.8. The second-order valence-corrected chi connectivity index (χ2v) is 10.1. The zero-order valence-electron chi connectivity index (χ0n) is 19.1. The highest BCUT2D eigenvalue weighted by Crippen LogP contribution is 2.38. The second kappa shape index (κ2) is 10.5. The fourth-order valence-electron chi connectivity index (χ4n) is 4.34. The van der Waals surface area contributed by atoms with E-state index in [-0.39, 0.29) is 25.4 Å². The molecule has 1 heterocycles. The minimum atomic E-state index is -0.988. The van der Waals surface area contributed by atoms with E-state index in [1.807, 2.05) is 37.3 Å². The maximum absolute atomic E-state index is 13.5. The fraction of sp³-hybridized carbons (Fsp3) is 0.259. The second-order valence-electron chi connectivity index (χ2n) is 8.90. The van der Waals surface area contributed by atoms with Crippen LogP contribution in [0.3, 0.4) is 0 Å². The third-order valence-electron chi connectivity index (χ3n) is 6.03. The lowest BCUT2D eigenvalue weighted by Crippen LogP contribution is -2.33. The van der Waals surface area contributed by atoms with Gasteiger partial charge in [0, 0.05) is 36.5 Å². The number of carboxylic acids is 1. The average molecular weight is 533 g/mol. The smallest absolute Gasteiger partial charge is 0.305 e. The zero-order valence-corrected chi connectivity index (χ0v) is 21.3. The number of halogens is 3. The number of carbonyl (C=O) groups is 2. The molecule has 1 atom stereocenters. The van der Waals surface area contributed by atoms with Gasteiger partial charge < -0.3 is 14.7 Å². The third-order valence-corrected chi connectivity index (χ3v) is 7.25. The van der Waals surface area contributed by atoms with Crippen molar-refractivity contribution in [1.29, 1.82) is 0 Å². The van der Waals surface area contributed by atoms with Crippen molar-refractivity contribution in [1.82, 2.24) is 4.90 Å². The van der Waals surface area contributed by atoms with Crippen molar-refractivity contribution in [3.8, 4) is 5.75 Å². The number of nitrogens with zero attached hydrogens (tertiary/aromatic N) is 1. The van der Waals surface area contributed by atoms with Gasteiger partial charge in [0.1, 0.15) is 11.4 Å². The van der Waals surface area contributed by atoms with Crippen molar-refractivity contribution in [3.05, 3.63) is 98.0 Å². The van der Waals surface area contributed by atoms with Gasteiger partial charge in [-0.1, -0.05) is 65.1 Å². The van der Waals surface area contributed by atoms with Gasteiger partial charge in [-0.05, 0) is 53.9 Å². The van der Waals surface area contributed by atoms with E-state index in [2.05, 4.69) is 0 Å². The summed E-state index contributed by atoms with van der Waals surface area (Å²) in [5, 5.41) is 10.6. The number of hydrogen-bond acceptors (Lipinski definition) is 3. The Bertz CT molecular complexity index is 1280. The fourth-order valence-corrected chi connectivity index (χ4v) is 4.92. The highest BCUT2D eigenvalue weighted by atomic mass is 35.5. The molecule has 0 saturated heterocycles. The van der Waals surface area contributed by atoms with E-state index in [1.165, 1.54) is 4.90 Å². The van der Waals surface area contributed by atoms with Gasteiger partial charge in [0.15, 0.2) is 0 Å². The Balaban J connectivity index is 1.55. The number of carbonyl (C=O) groups excluding carboxylic acids is 1. The lowest BCUT2D eigenvalue weighted by Gasteiger charge is -2.24. The van der Waals surface area contributed by atoms with Crippen molar-refractivity contribution in [3.63, 3.8) is 0 Å². The van der Waals surface area contributed by atoms with Gasteiger partial charge in [-0.25, -0.2) is 0 Å². The molecule has 0 bridgehead atoms. The maximum atomic E-state index is 13.5. The monoisotopic (exact) mass is 531 g/mol. The van der Waals surface area contributed by atoms with E-state index >= 15 is 0 Å². The van der Waals surface area contributed by atoms with Crippen LogP contribution in [0.1, 0.15) is 40.4 Å². The van der Waals surface area contributed by atoms with Crippen LogP contribution < -0.4 is 4.74 Å². The Morgan fingerprint density at radius 2 is 1.71 bits per heavy atom. The SMILES string of the molecule is C[C@@]1(Cc2ccccc2Cl)Cc2cc(C(=O)N(CCC(=O)O)Cc3cccc(Cl)c3Cl)ccc2O1. The van der Waals surface area contributed by atoms with Gasteiger partial charge in [0.25, 0.3) is 5.91 Å². The van der Waals surface area contributed by atoms with Gasteiger partial charge in [0.05, 0.1) is 16.5 Å². The first-order chi connectivity index (χ1) is 16.6. The van der Waals surface area contributed by atoms with Gasteiger partial charge >= 0.3 is 5.97 Å². The van der Waals surface area contributed by atoms with Gasteiger partial charge in [0.2, 0.25) is 0 Å². The van der Waals surface area contributed by atoms with Crippen molar-refractivity contribution >= 4 is 46.7 Å². The molecular formula is C27H24Cl3NO4. The molecule has 1 amide bonds. The highest BCUT2D eigenvalue weighted by Gasteiger charge is 2.36. The molecule has 8 heteroatoms. The molecule has 0 fully saturated rings. The van der Waals surface area contributed by atoms with E-state index in [0.29, 0.717) is 39.0 Å². The van der Waals surface area contributed by atoms with Crippen LogP contribution in [0.15, 0.2) is 60.7 Å². The van der Waals surface area contributed by atoms with Crippen LogP contribution in [0.5, 0.6) is 5.75 Å². The Morgan fingerprint density at radius 3 is 2.46 bits per heavy atom. The molecule has 0 saturated carbocycles. The molecule has 1 aliphatic heterocycles. The Kier molecular flexibility index (Phi) is 7.60. The largest absolute Gasteiger partial charge is 0.487 e. The van der Waals surface area contributed by atoms with Crippen LogP contribution in [0, 0.1) is 0 Å². The molecule has 1 aliphatic rings. The Labute approximate surface area is 219 Å². The van der Waals surface area contributed by atoms with E-state index in [1.54, 1.807) is 30.3 Å². The molecule has 0 spiro atoms. The van der Waals surface area contributed by atoms with E-state index in [9.17, 15) is 14.7 Å². The van der Waals surface area contributed by atoms with Crippen LogP contribution >= 0.6 is 34.8 Å². The molecule has 35 heavy (non-hydrogen) atoms. The predicted molar refractivity (Wildman–Crippen MR) is 138 cm³/mol. The number of benzene rings is 3. The lowest BCUT2D eigenvalue weighted by atomic mass is 9.91. The molecule has 0 radical (unpaired) electrons. The number of rotatable bonds is 8. The summed E-state index contributed by atoms with van der Waals surface area (Å²) in [4.78, 5) is 26.2. The first-order valence-electron chi connectivity index (χ1n) is 11.1. The van der Waals surface area contributed by atoms with Crippen molar-refractivity contribution in [2.45, 2.75) is 38.3 Å². The summed E-state index contributed by atoms with van der Waals surface area (Å²) < 4.78 is 6.26. The normalized spacial score (nSPS) is 16.5. The molecule has 3 aromatic carbocycles. The van der Waals surface area contributed by atoms with Gasteiger partial charge in [-0.2, -0.15) is 0 Å². The number of fused-ring (bicyclic) bond motifs is 1.